The van der Waals surface area contributed by atoms with E-state index < -0.39 is 0 Å². The number of nitrogens with one attached hydrogen (secondary N) is 2. The Balaban J connectivity index is 1.64. The highest BCUT2D eigenvalue weighted by atomic mass is 79.9. The molecule has 6 nitrogen and oxygen atoms in total. The number of hydrogen-bond acceptors (Lipinski definition) is 4. The van der Waals surface area contributed by atoms with Crippen molar-refractivity contribution in [3.8, 4) is 0 Å². The second-order valence-electron chi connectivity index (χ2n) is 7.31. The fourth-order valence-corrected chi connectivity index (χ4v) is 3.57. The lowest BCUT2D eigenvalue weighted by Crippen LogP contribution is -2.12. The fourth-order valence-electron chi connectivity index (χ4n) is 3.31. The van der Waals surface area contributed by atoms with Gasteiger partial charge in [-0.3, -0.25) is 4.79 Å². The average molecular weight is 482 g/mol. The Bertz CT molecular complexity index is 1270. The summed E-state index contributed by atoms with van der Waals surface area (Å²) in [6, 6.07) is 17.6. The Hall–Kier alpha value is -3.39. The number of imidazole rings is 1. The molecule has 0 aliphatic rings. The van der Waals surface area contributed by atoms with Gasteiger partial charge in [0.1, 0.15) is 11.5 Å². The van der Waals surface area contributed by atoms with Crippen molar-refractivity contribution in [1.29, 1.82) is 0 Å². The molecule has 0 saturated heterocycles. The molecular formula is C23H21BrFN5O. The maximum atomic E-state index is 14.5. The van der Waals surface area contributed by atoms with E-state index in [1.165, 1.54) is 6.07 Å². The Morgan fingerprint density at radius 3 is 2.55 bits per heavy atom. The van der Waals surface area contributed by atoms with Gasteiger partial charge in [0.25, 0.3) is 5.91 Å². The molecule has 158 valence electrons. The largest absolute Gasteiger partial charge is 0.376 e. The van der Waals surface area contributed by atoms with Crippen molar-refractivity contribution in [2.75, 3.05) is 29.6 Å². The number of carbonyl (C=O) groups excluding carboxylic acids is 1. The lowest BCUT2D eigenvalue weighted by molar-refractivity contribution is 0.102. The summed E-state index contributed by atoms with van der Waals surface area (Å²) in [4.78, 5) is 19.1. The van der Waals surface area contributed by atoms with Gasteiger partial charge in [-0.15, -0.1) is 0 Å². The summed E-state index contributed by atoms with van der Waals surface area (Å²) in [5.41, 5.74) is 3.70. The van der Waals surface area contributed by atoms with E-state index in [0.29, 0.717) is 34.1 Å². The molecule has 1 amide bonds. The summed E-state index contributed by atoms with van der Waals surface area (Å²) < 4.78 is 17.3. The summed E-state index contributed by atoms with van der Waals surface area (Å²) in [6.45, 7) is 0. The highest BCUT2D eigenvalue weighted by molar-refractivity contribution is 9.10. The van der Waals surface area contributed by atoms with Crippen LogP contribution in [0, 0.1) is 5.82 Å². The van der Waals surface area contributed by atoms with Crippen molar-refractivity contribution in [3.63, 3.8) is 0 Å². The van der Waals surface area contributed by atoms with Gasteiger partial charge in [-0.05, 0) is 54.6 Å². The van der Waals surface area contributed by atoms with E-state index in [-0.39, 0.29) is 11.7 Å². The van der Waals surface area contributed by atoms with Gasteiger partial charge in [0.2, 0.25) is 5.95 Å². The second-order valence-corrected chi connectivity index (χ2v) is 8.23. The zero-order chi connectivity index (χ0) is 22.1. The minimum Gasteiger partial charge on any atom is -0.376 e. The number of aromatic nitrogens is 2. The SMILES string of the molecule is CN(C)c1cccc(F)c1Nc1nc2cc(C(=O)Nc3ccc(Br)cc3)ccc2n1C. The van der Waals surface area contributed by atoms with E-state index in [0.717, 1.165) is 9.99 Å². The zero-order valence-electron chi connectivity index (χ0n) is 17.3. The standard InChI is InChI=1S/C23H21BrFN5O/c1-29(2)20-6-4-5-17(25)21(20)28-23-27-18-13-14(7-12-19(18)30(23)3)22(31)26-16-10-8-15(24)9-11-16/h4-13H,1-3H3,(H,26,31)(H,27,28). The van der Waals surface area contributed by atoms with Gasteiger partial charge >= 0.3 is 0 Å². The van der Waals surface area contributed by atoms with Crippen LogP contribution in [0.1, 0.15) is 10.4 Å². The van der Waals surface area contributed by atoms with Crippen molar-refractivity contribution in [1.82, 2.24) is 9.55 Å². The smallest absolute Gasteiger partial charge is 0.255 e. The minimum absolute atomic E-state index is 0.228. The van der Waals surface area contributed by atoms with Crippen molar-refractivity contribution in [2.24, 2.45) is 7.05 Å². The normalized spacial score (nSPS) is 10.9. The monoisotopic (exact) mass is 481 g/mol. The second kappa shape index (κ2) is 8.39. The molecule has 0 atom stereocenters. The van der Waals surface area contributed by atoms with Crippen LogP contribution >= 0.6 is 15.9 Å². The number of hydrogen-bond donors (Lipinski definition) is 2. The van der Waals surface area contributed by atoms with Crippen molar-refractivity contribution < 1.29 is 9.18 Å². The molecule has 0 unspecified atom stereocenters. The molecule has 4 rings (SSSR count). The average Bonchev–Trinajstić information content (AvgIpc) is 3.05. The molecule has 3 aromatic carbocycles. The van der Waals surface area contributed by atoms with Gasteiger partial charge < -0.3 is 20.1 Å². The third kappa shape index (κ3) is 4.25. The summed E-state index contributed by atoms with van der Waals surface area (Å²) in [6.07, 6.45) is 0. The van der Waals surface area contributed by atoms with Gasteiger partial charge in [-0.2, -0.15) is 0 Å². The first-order chi connectivity index (χ1) is 14.8. The summed E-state index contributed by atoms with van der Waals surface area (Å²) in [5, 5.41) is 5.98. The lowest BCUT2D eigenvalue weighted by atomic mass is 10.2. The number of halogens is 2. The van der Waals surface area contributed by atoms with Crippen LogP contribution in [0.4, 0.5) is 27.4 Å². The lowest BCUT2D eigenvalue weighted by Gasteiger charge is -2.18. The van der Waals surface area contributed by atoms with Gasteiger partial charge in [0.05, 0.1) is 16.7 Å². The van der Waals surface area contributed by atoms with E-state index in [4.69, 9.17) is 0 Å². The topological polar surface area (TPSA) is 62.2 Å². The van der Waals surface area contributed by atoms with Crippen LogP contribution in [-0.4, -0.2) is 29.6 Å². The number of carbonyl (C=O) groups is 1. The number of benzene rings is 3. The number of fused-ring (bicyclic) bond motifs is 1. The zero-order valence-corrected chi connectivity index (χ0v) is 18.9. The predicted molar refractivity (Wildman–Crippen MR) is 127 cm³/mol. The van der Waals surface area contributed by atoms with Crippen LogP contribution in [0.3, 0.4) is 0 Å². The Kier molecular flexibility index (Phi) is 5.65. The van der Waals surface area contributed by atoms with E-state index >= 15 is 0 Å². The fraction of sp³-hybridized carbons (Fsp3) is 0.130. The van der Waals surface area contributed by atoms with Crippen LogP contribution in [0.15, 0.2) is 65.1 Å². The third-order valence-corrected chi connectivity index (χ3v) is 5.48. The number of para-hydroxylation sites is 1. The predicted octanol–water partition coefficient (Wildman–Crippen LogP) is 5.54. The number of nitrogens with zero attached hydrogens (tertiary/aromatic N) is 3. The van der Waals surface area contributed by atoms with Crippen LogP contribution in [0.5, 0.6) is 0 Å². The highest BCUT2D eigenvalue weighted by Crippen LogP contribution is 2.31. The quantitative estimate of drug-likeness (QED) is 0.393. The Morgan fingerprint density at radius 2 is 1.84 bits per heavy atom. The molecule has 1 heterocycles. The molecule has 0 aliphatic carbocycles. The number of anilines is 4. The summed E-state index contributed by atoms with van der Waals surface area (Å²) >= 11 is 3.38. The van der Waals surface area contributed by atoms with Crippen LogP contribution < -0.4 is 15.5 Å². The Labute approximate surface area is 187 Å². The van der Waals surface area contributed by atoms with Crippen LogP contribution in [0.2, 0.25) is 0 Å². The molecule has 2 N–H and O–H groups in total. The molecule has 1 aromatic heterocycles. The van der Waals surface area contributed by atoms with E-state index in [2.05, 4.69) is 31.5 Å². The van der Waals surface area contributed by atoms with E-state index in [1.807, 2.05) is 67.0 Å². The van der Waals surface area contributed by atoms with Crippen molar-refractivity contribution >= 4 is 55.9 Å². The Morgan fingerprint density at radius 1 is 1.10 bits per heavy atom. The molecule has 31 heavy (non-hydrogen) atoms. The molecule has 4 aromatic rings. The summed E-state index contributed by atoms with van der Waals surface area (Å²) in [7, 11) is 5.55. The first-order valence-electron chi connectivity index (χ1n) is 9.60. The molecule has 8 heteroatoms. The first kappa shape index (κ1) is 20.9. The maximum Gasteiger partial charge on any atom is 0.255 e. The molecular weight excluding hydrogens is 461 g/mol. The number of amides is 1. The molecule has 0 spiro atoms. The molecule has 0 radical (unpaired) electrons. The van der Waals surface area contributed by atoms with Crippen LogP contribution in [-0.2, 0) is 7.05 Å². The van der Waals surface area contributed by atoms with Gasteiger partial charge in [0, 0.05) is 36.9 Å². The minimum atomic E-state index is -0.368. The van der Waals surface area contributed by atoms with Gasteiger partial charge in [-0.1, -0.05) is 22.0 Å². The highest BCUT2D eigenvalue weighted by Gasteiger charge is 2.16. The molecule has 0 bridgehead atoms. The van der Waals surface area contributed by atoms with E-state index in [9.17, 15) is 9.18 Å². The number of aryl methyl sites for hydroxylation is 1. The third-order valence-electron chi connectivity index (χ3n) is 4.96. The van der Waals surface area contributed by atoms with Crippen molar-refractivity contribution in [2.45, 2.75) is 0 Å². The number of rotatable bonds is 5. The van der Waals surface area contributed by atoms with Gasteiger partial charge in [0.15, 0.2) is 0 Å². The van der Waals surface area contributed by atoms with E-state index in [1.54, 1.807) is 18.2 Å². The molecule has 0 aliphatic heterocycles. The molecule has 0 fully saturated rings. The maximum absolute atomic E-state index is 14.5. The van der Waals surface area contributed by atoms with Crippen molar-refractivity contribution in [3.05, 3.63) is 76.5 Å². The molecule has 0 saturated carbocycles. The van der Waals surface area contributed by atoms with Gasteiger partial charge in [-0.25, -0.2) is 9.37 Å². The summed E-state index contributed by atoms with van der Waals surface area (Å²) in [5.74, 6) is -0.116. The first-order valence-corrected chi connectivity index (χ1v) is 10.4. The van der Waals surface area contributed by atoms with Crippen LogP contribution in [0.25, 0.3) is 11.0 Å².